The van der Waals surface area contributed by atoms with Crippen molar-refractivity contribution in [3.8, 4) is 12.0 Å². The fourth-order valence-electron chi connectivity index (χ4n) is 4.93. The number of rotatable bonds is 21. The molecule has 0 saturated carbocycles. The minimum Gasteiger partial charge on any atom is -0.462 e. The summed E-state index contributed by atoms with van der Waals surface area (Å²) in [6.45, 7) is 1.60. The van der Waals surface area contributed by atoms with Crippen LogP contribution in [0.3, 0.4) is 0 Å². The summed E-state index contributed by atoms with van der Waals surface area (Å²) in [7, 11) is -2.19. The number of nitrogens with one attached hydrogen (secondary N) is 4. The van der Waals surface area contributed by atoms with Crippen LogP contribution in [0.5, 0.6) is 12.0 Å². The van der Waals surface area contributed by atoms with Crippen LogP contribution in [0.25, 0.3) is 12.2 Å². The van der Waals surface area contributed by atoms with E-state index in [1.807, 2.05) is 68.3 Å². The minimum atomic E-state index is -4.85. The van der Waals surface area contributed by atoms with E-state index >= 15 is 0 Å². The topological polar surface area (TPSA) is 279 Å². The molecule has 59 heavy (non-hydrogen) atoms. The Balaban J connectivity index is 1.42. The van der Waals surface area contributed by atoms with Crippen LogP contribution in [0.1, 0.15) is 11.1 Å². The SMILES string of the molecule is CN(C)CCOc1nc(NCCO)nc(Nc2ccc(/C=C/c3ccc(Nc4nc(Nc5ccccc5)nc(OCCN(C)C)n4)cc3S(=O)(=O)O)c(S(=O)(=O)O)c2)n1. The molecule has 0 radical (unpaired) electrons. The van der Waals surface area contributed by atoms with Gasteiger partial charge in [-0.2, -0.15) is 46.7 Å². The second kappa shape index (κ2) is 20.1. The predicted molar refractivity (Wildman–Crippen MR) is 221 cm³/mol. The van der Waals surface area contributed by atoms with Crippen molar-refractivity contribution in [2.45, 2.75) is 9.79 Å². The van der Waals surface area contributed by atoms with Gasteiger partial charge in [0.05, 0.1) is 6.61 Å². The maximum atomic E-state index is 12.6. The van der Waals surface area contributed by atoms with Gasteiger partial charge in [0.25, 0.3) is 20.2 Å². The Morgan fingerprint density at radius 1 is 0.593 bits per heavy atom. The van der Waals surface area contributed by atoms with Crippen LogP contribution < -0.4 is 30.7 Å². The molecule has 0 atom stereocenters. The number of likely N-dealkylation sites (N-methyl/N-ethyl adjacent to an activating group) is 2. The van der Waals surface area contributed by atoms with Crippen LogP contribution in [0.4, 0.5) is 40.9 Å². The van der Waals surface area contributed by atoms with Gasteiger partial charge in [-0.25, -0.2) is 0 Å². The second-order valence-electron chi connectivity index (χ2n) is 13.0. The van der Waals surface area contributed by atoms with Crippen molar-refractivity contribution in [1.82, 2.24) is 39.7 Å². The monoisotopic (exact) mass is 852 g/mol. The largest absolute Gasteiger partial charge is 0.462 e. The van der Waals surface area contributed by atoms with Gasteiger partial charge >= 0.3 is 12.0 Å². The smallest absolute Gasteiger partial charge is 0.323 e. The van der Waals surface area contributed by atoms with E-state index in [9.17, 15) is 31.0 Å². The van der Waals surface area contributed by atoms with Gasteiger partial charge in [0.15, 0.2) is 0 Å². The van der Waals surface area contributed by atoms with E-state index in [4.69, 9.17) is 9.47 Å². The van der Waals surface area contributed by atoms with Crippen LogP contribution in [-0.2, 0) is 20.2 Å². The highest BCUT2D eigenvalue weighted by Crippen LogP contribution is 2.29. The lowest BCUT2D eigenvalue weighted by Crippen LogP contribution is -2.20. The van der Waals surface area contributed by atoms with Crippen molar-refractivity contribution in [3.05, 3.63) is 77.9 Å². The zero-order valence-electron chi connectivity index (χ0n) is 32.4. The van der Waals surface area contributed by atoms with Crippen molar-refractivity contribution in [2.75, 3.05) is 88.9 Å². The average Bonchev–Trinajstić information content (AvgIpc) is 3.16. The first-order valence-electron chi connectivity index (χ1n) is 17.7. The second-order valence-corrected chi connectivity index (χ2v) is 15.8. The number of anilines is 7. The molecule has 5 aromatic rings. The zero-order chi connectivity index (χ0) is 42.6. The van der Waals surface area contributed by atoms with Crippen molar-refractivity contribution < 1.29 is 40.5 Å². The van der Waals surface area contributed by atoms with E-state index in [1.54, 1.807) is 0 Å². The molecule has 314 valence electrons. The number of para-hydroxylation sites is 1. The molecule has 0 spiro atoms. The quantitative estimate of drug-likeness (QED) is 0.0412. The summed E-state index contributed by atoms with van der Waals surface area (Å²) < 4.78 is 82.2. The van der Waals surface area contributed by atoms with Gasteiger partial charge in [0.2, 0.25) is 23.8 Å². The van der Waals surface area contributed by atoms with Gasteiger partial charge in [-0.1, -0.05) is 42.5 Å². The molecule has 21 nitrogen and oxygen atoms in total. The lowest BCUT2D eigenvalue weighted by atomic mass is 10.1. The number of aliphatic hydroxyl groups is 1. The van der Waals surface area contributed by atoms with Crippen molar-refractivity contribution in [3.63, 3.8) is 0 Å². The molecule has 0 saturated heterocycles. The van der Waals surface area contributed by atoms with E-state index in [2.05, 4.69) is 51.2 Å². The fourth-order valence-corrected chi connectivity index (χ4v) is 6.35. The molecule has 0 aliphatic carbocycles. The Morgan fingerprint density at radius 2 is 1.02 bits per heavy atom. The maximum absolute atomic E-state index is 12.6. The zero-order valence-corrected chi connectivity index (χ0v) is 34.1. The molecule has 5 rings (SSSR count). The fraction of sp³-hybridized carbons (Fsp3) is 0.278. The van der Waals surface area contributed by atoms with Gasteiger partial charge in [0, 0.05) is 36.7 Å². The van der Waals surface area contributed by atoms with Gasteiger partial charge < -0.3 is 45.6 Å². The minimum absolute atomic E-state index is 0.00255. The summed E-state index contributed by atoms with van der Waals surface area (Å²) >= 11 is 0. The molecular weight excluding hydrogens is 809 g/mol. The highest BCUT2D eigenvalue weighted by atomic mass is 32.2. The summed E-state index contributed by atoms with van der Waals surface area (Å²) in [5, 5.41) is 20.9. The Labute approximate surface area is 341 Å². The number of hydrogen-bond acceptors (Lipinski definition) is 19. The van der Waals surface area contributed by atoms with Crippen LogP contribution in [0.15, 0.2) is 76.5 Å². The summed E-state index contributed by atoms with van der Waals surface area (Å²) in [5.74, 6) is 0.179. The Hall–Kier alpha value is -6.08. The average molecular weight is 853 g/mol. The molecule has 0 fully saturated rings. The van der Waals surface area contributed by atoms with Gasteiger partial charge in [-0.15, -0.1) is 0 Å². The molecule has 0 bridgehead atoms. The first-order valence-corrected chi connectivity index (χ1v) is 20.6. The summed E-state index contributed by atoms with van der Waals surface area (Å²) in [6, 6.07) is 17.0. The Morgan fingerprint density at radius 3 is 1.44 bits per heavy atom. The number of nitrogens with zero attached hydrogens (tertiary/aromatic N) is 8. The van der Waals surface area contributed by atoms with Crippen LogP contribution in [-0.4, -0.2) is 138 Å². The third-order valence-electron chi connectivity index (χ3n) is 7.73. The highest BCUT2D eigenvalue weighted by molar-refractivity contribution is 7.86. The normalized spacial score (nSPS) is 11.9. The summed E-state index contributed by atoms with van der Waals surface area (Å²) in [4.78, 5) is 28.4. The molecule has 0 aliphatic rings. The van der Waals surface area contributed by atoms with E-state index < -0.39 is 30.0 Å². The lowest BCUT2D eigenvalue weighted by Gasteiger charge is -2.13. The molecule has 3 aromatic carbocycles. The highest BCUT2D eigenvalue weighted by Gasteiger charge is 2.19. The molecule has 2 heterocycles. The van der Waals surface area contributed by atoms with Crippen LogP contribution in [0, 0.1) is 0 Å². The predicted octanol–water partition coefficient (Wildman–Crippen LogP) is 3.24. The van der Waals surface area contributed by atoms with E-state index in [0.29, 0.717) is 18.8 Å². The number of benzene rings is 3. The third-order valence-corrected chi connectivity index (χ3v) is 9.55. The molecule has 0 unspecified atom stereocenters. The molecule has 0 aliphatic heterocycles. The van der Waals surface area contributed by atoms with Crippen LogP contribution >= 0.6 is 0 Å². The number of aromatic nitrogens is 6. The van der Waals surface area contributed by atoms with Gasteiger partial charge in [-0.3, -0.25) is 9.11 Å². The molecule has 23 heteroatoms. The van der Waals surface area contributed by atoms with Gasteiger partial charge in [-0.05, 0) is 75.7 Å². The lowest BCUT2D eigenvalue weighted by molar-refractivity contribution is 0.245. The van der Waals surface area contributed by atoms with Crippen LogP contribution in [0.2, 0.25) is 0 Å². The van der Waals surface area contributed by atoms with E-state index in [1.165, 1.54) is 36.4 Å². The van der Waals surface area contributed by atoms with E-state index in [-0.39, 0.29) is 84.7 Å². The first kappa shape index (κ1) is 44.0. The molecular formula is C36H44N12O9S2. The third kappa shape index (κ3) is 13.8. The van der Waals surface area contributed by atoms with Crippen molar-refractivity contribution >= 4 is 73.2 Å². The molecule has 0 amide bonds. The number of hydrogen-bond donors (Lipinski definition) is 7. The van der Waals surface area contributed by atoms with Gasteiger partial charge in [0.1, 0.15) is 23.0 Å². The Kier molecular flexibility index (Phi) is 15.0. The number of aliphatic hydroxyl groups excluding tert-OH is 1. The first-order chi connectivity index (χ1) is 28.0. The van der Waals surface area contributed by atoms with E-state index in [0.717, 1.165) is 12.1 Å². The van der Waals surface area contributed by atoms with Crippen molar-refractivity contribution in [2.24, 2.45) is 0 Å². The summed E-state index contributed by atoms with van der Waals surface area (Å²) in [6.07, 6.45) is 2.51. The Bertz CT molecular complexity index is 2460. The standard InChI is InChI=1S/C36H44N12O9S2/c1-47(2)17-20-56-35-43-31(37-16-19-49)41-33(45-35)39-27-14-12-24(29(22-27)58(50,51)52)10-11-25-13-15-28(23-30(25)59(53,54)55)40-34-42-32(38-26-8-6-5-7-9-26)44-36(46-34)57-21-18-48(3)4/h5-15,22-23,49H,16-21H2,1-4H3,(H,50,51,52)(H,53,54,55)(H2,37,39,41,43,45)(H2,38,40,42,44,46)/b11-10+. The molecule has 2 aromatic heterocycles. The molecule has 7 N–H and O–H groups in total. The maximum Gasteiger partial charge on any atom is 0.323 e. The summed E-state index contributed by atoms with van der Waals surface area (Å²) in [5.41, 5.74) is 0.955. The number of ether oxygens (including phenoxy) is 2. The van der Waals surface area contributed by atoms with Crippen molar-refractivity contribution in [1.29, 1.82) is 0 Å².